The molecule has 1 N–H and O–H groups in total. The number of amides is 1. The zero-order valence-corrected chi connectivity index (χ0v) is 18.8. The van der Waals surface area contributed by atoms with E-state index >= 15 is 0 Å². The van der Waals surface area contributed by atoms with Crippen LogP contribution in [-0.2, 0) is 16.4 Å². The molecule has 32 heavy (non-hydrogen) atoms. The zero-order chi connectivity index (χ0) is 22.9. The Morgan fingerprint density at radius 3 is 2.41 bits per heavy atom. The fraction of sp³-hybridized carbons (Fsp3) is 0.200. The number of carbonyl (C=O) groups excluding carboxylic acids is 2. The van der Waals surface area contributed by atoms with Gasteiger partial charge >= 0.3 is 0 Å². The number of benzene rings is 3. The first-order valence-corrected chi connectivity index (χ1v) is 11.8. The molecule has 1 aliphatic rings. The highest BCUT2D eigenvalue weighted by atomic mass is 32.2. The highest BCUT2D eigenvalue weighted by Gasteiger charge is 2.29. The smallest absolute Gasteiger partial charge is 0.264 e. The van der Waals surface area contributed by atoms with E-state index in [1.165, 1.54) is 11.2 Å². The molecule has 0 saturated heterocycles. The van der Waals surface area contributed by atoms with Crippen LogP contribution < -0.4 is 9.62 Å². The second kappa shape index (κ2) is 8.59. The van der Waals surface area contributed by atoms with Crippen LogP contribution in [0.15, 0.2) is 71.6 Å². The number of carbonyl (C=O) groups is 2. The van der Waals surface area contributed by atoms with Crippen LogP contribution >= 0.6 is 0 Å². The summed E-state index contributed by atoms with van der Waals surface area (Å²) in [6, 6.07) is 18.6. The van der Waals surface area contributed by atoms with Crippen LogP contribution in [0, 0.1) is 6.92 Å². The van der Waals surface area contributed by atoms with Gasteiger partial charge in [0.1, 0.15) is 0 Å². The molecule has 0 bridgehead atoms. The minimum absolute atomic E-state index is 0.0789. The fourth-order valence-electron chi connectivity index (χ4n) is 3.81. The molecule has 1 aliphatic heterocycles. The topological polar surface area (TPSA) is 83.6 Å². The van der Waals surface area contributed by atoms with Crippen molar-refractivity contribution in [2.75, 3.05) is 16.2 Å². The van der Waals surface area contributed by atoms with Crippen molar-refractivity contribution in [2.45, 2.75) is 31.6 Å². The summed E-state index contributed by atoms with van der Waals surface area (Å²) in [6.45, 7) is 3.78. The molecule has 3 aromatic carbocycles. The van der Waals surface area contributed by atoms with Gasteiger partial charge in [0.2, 0.25) is 0 Å². The van der Waals surface area contributed by atoms with Gasteiger partial charge in [-0.3, -0.25) is 13.9 Å². The summed E-state index contributed by atoms with van der Waals surface area (Å²) in [5.41, 5.74) is 3.90. The maximum atomic E-state index is 13.2. The summed E-state index contributed by atoms with van der Waals surface area (Å²) in [4.78, 5) is 24.6. The van der Waals surface area contributed by atoms with Gasteiger partial charge in [0.05, 0.1) is 10.6 Å². The van der Waals surface area contributed by atoms with Crippen LogP contribution in [0.25, 0.3) is 0 Å². The van der Waals surface area contributed by atoms with Crippen molar-refractivity contribution in [3.05, 3.63) is 89.0 Å². The minimum Gasteiger partial charge on any atom is -0.322 e. The molecule has 0 spiro atoms. The summed E-state index contributed by atoms with van der Waals surface area (Å²) < 4.78 is 27.9. The number of ketones is 1. The number of hydrogen-bond donors (Lipinski definition) is 1. The number of sulfonamides is 1. The maximum Gasteiger partial charge on any atom is 0.264 e. The lowest BCUT2D eigenvalue weighted by molar-refractivity contribution is 0.101. The summed E-state index contributed by atoms with van der Waals surface area (Å²) >= 11 is 0. The molecule has 7 heteroatoms. The largest absolute Gasteiger partial charge is 0.322 e. The summed E-state index contributed by atoms with van der Waals surface area (Å²) in [6.07, 6.45) is 1.36. The van der Waals surface area contributed by atoms with Gasteiger partial charge < -0.3 is 5.32 Å². The summed E-state index contributed by atoms with van der Waals surface area (Å²) in [5, 5.41) is 2.81. The molecule has 1 heterocycles. The third kappa shape index (κ3) is 4.29. The van der Waals surface area contributed by atoms with Crippen molar-refractivity contribution in [1.82, 2.24) is 0 Å². The van der Waals surface area contributed by atoms with E-state index in [0.717, 1.165) is 11.1 Å². The third-order valence-corrected chi connectivity index (χ3v) is 7.38. The highest BCUT2D eigenvalue weighted by molar-refractivity contribution is 7.92. The highest BCUT2D eigenvalue weighted by Crippen LogP contribution is 2.33. The molecule has 6 nitrogen and oxygen atoms in total. The third-order valence-electron chi connectivity index (χ3n) is 5.55. The Hall–Kier alpha value is -3.45. The normalized spacial score (nSPS) is 13.4. The van der Waals surface area contributed by atoms with Gasteiger partial charge in [-0.05, 0) is 74.7 Å². The molecule has 0 fully saturated rings. The summed E-state index contributed by atoms with van der Waals surface area (Å²) in [7, 11) is -3.69. The molecule has 1 amide bonds. The van der Waals surface area contributed by atoms with Crippen molar-refractivity contribution in [3.63, 3.8) is 0 Å². The minimum atomic E-state index is -3.69. The zero-order valence-electron chi connectivity index (χ0n) is 18.0. The van der Waals surface area contributed by atoms with Crippen LogP contribution in [0.3, 0.4) is 0 Å². The number of anilines is 2. The van der Waals surface area contributed by atoms with Crippen LogP contribution in [0.5, 0.6) is 0 Å². The lowest BCUT2D eigenvalue weighted by Crippen LogP contribution is -2.35. The second-order valence-corrected chi connectivity index (χ2v) is 9.79. The van der Waals surface area contributed by atoms with E-state index in [-0.39, 0.29) is 16.6 Å². The Morgan fingerprint density at radius 1 is 0.938 bits per heavy atom. The van der Waals surface area contributed by atoms with Crippen molar-refractivity contribution in [3.8, 4) is 0 Å². The van der Waals surface area contributed by atoms with Crippen molar-refractivity contribution >= 4 is 33.1 Å². The number of aryl methyl sites for hydroxylation is 2. The number of Topliss-reactive ketones (excluding diaryl/α,β-unsaturated/α-hetero) is 1. The molecule has 164 valence electrons. The predicted octanol–water partition coefficient (Wildman–Crippen LogP) is 4.59. The average Bonchev–Trinajstić information content (AvgIpc) is 2.78. The van der Waals surface area contributed by atoms with Crippen molar-refractivity contribution in [1.29, 1.82) is 0 Å². The number of rotatable bonds is 5. The Bertz CT molecular complexity index is 1300. The van der Waals surface area contributed by atoms with E-state index in [1.807, 2.05) is 6.92 Å². The molecule has 0 saturated carbocycles. The van der Waals surface area contributed by atoms with Gasteiger partial charge in [0.15, 0.2) is 5.78 Å². The molecular weight excluding hydrogens is 424 g/mol. The van der Waals surface area contributed by atoms with Gasteiger partial charge in [-0.15, -0.1) is 0 Å². The van der Waals surface area contributed by atoms with Crippen LogP contribution in [0.1, 0.15) is 45.2 Å². The first-order valence-electron chi connectivity index (χ1n) is 10.4. The van der Waals surface area contributed by atoms with Crippen LogP contribution in [-0.4, -0.2) is 26.7 Å². The predicted molar refractivity (Wildman–Crippen MR) is 125 cm³/mol. The van der Waals surface area contributed by atoms with Gasteiger partial charge in [0, 0.05) is 23.4 Å². The van der Waals surface area contributed by atoms with Gasteiger partial charge in [0.25, 0.3) is 15.9 Å². The van der Waals surface area contributed by atoms with Gasteiger partial charge in [-0.25, -0.2) is 8.42 Å². The average molecular weight is 449 g/mol. The molecular formula is C25H24N2O4S. The lowest BCUT2D eigenvalue weighted by Gasteiger charge is -2.30. The quantitative estimate of drug-likeness (QED) is 0.579. The fourth-order valence-corrected chi connectivity index (χ4v) is 5.35. The van der Waals surface area contributed by atoms with E-state index in [0.29, 0.717) is 41.9 Å². The van der Waals surface area contributed by atoms with Gasteiger partial charge in [-0.1, -0.05) is 29.8 Å². The Balaban J connectivity index is 1.60. The number of hydrogen-bond acceptors (Lipinski definition) is 4. The first kappa shape index (κ1) is 21.8. The number of nitrogens with one attached hydrogen (secondary N) is 1. The Morgan fingerprint density at radius 2 is 1.69 bits per heavy atom. The monoisotopic (exact) mass is 448 g/mol. The van der Waals surface area contributed by atoms with E-state index in [4.69, 9.17) is 0 Å². The maximum absolute atomic E-state index is 13.2. The van der Waals surface area contributed by atoms with E-state index in [9.17, 15) is 18.0 Å². The Kier molecular flexibility index (Phi) is 5.84. The van der Waals surface area contributed by atoms with E-state index in [1.54, 1.807) is 66.7 Å². The molecule has 3 aromatic rings. The van der Waals surface area contributed by atoms with Crippen LogP contribution in [0.4, 0.5) is 11.4 Å². The molecule has 4 rings (SSSR count). The molecule has 0 aliphatic carbocycles. The lowest BCUT2D eigenvalue weighted by atomic mass is 10.0. The van der Waals surface area contributed by atoms with Crippen LogP contribution in [0.2, 0.25) is 0 Å². The molecule has 0 atom stereocenters. The first-order chi connectivity index (χ1) is 15.3. The summed E-state index contributed by atoms with van der Waals surface area (Å²) in [5.74, 6) is -0.392. The van der Waals surface area contributed by atoms with Gasteiger partial charge in [-0.2, -0.15) is 0 Å². The van der Waals surface area contributed by atoms with E-state index in [2.05, 4.69) is 5.32 Å². The molecule has 0 unspecified atom stereocenters. The number of nitrogens with zero attached hydrogens (tertiary/aromatic N) is 1. The Labute approximate surface area is 187 Å². The standard InChI is InChI=1S/C25H24N2O4S/c1-17-8-11-23(12-9-17)32(30,31)27-14-4-6-20-15-21(10-13-24(20)27)25(29)26-22-7-3-5-19(16-22)18(2)28/h3,5,7-13,15-16H,4,6,14H2,1-2H3,(H,26,29). The molecule has 0 radical (unpaired) electrons. The SMILES string of the molecule is CC(=O)c1cccc(NC(=O)c2ccc3c(c2)CCCN3S(=O)(=O)c2ccc(C)cc2)c1. The van der Waals surface area contributed by atoms with Crippen molar-refractivity contribution in [2.24, 2.45) is 0 Å². The second-order valence-electron chi connectivity index (χ2n) is 7.93. The van der Waals surface area contributed by atoms with E-state index < -0.39 is 10.0 Å². The van der Waals surface area contributed by atoms with Crippen molar-refractivity contribution < 1.29 is 18.0 Å². The number of fused-ring (bicyclic) bond motifs is 1. The molecule has 0 aromatic heterocycles.